The lowest BCUT2D eigenvalue weighted by Crippen LogP contribution is -1.97. The van der Waals surface area contributed by atoms with Gasteiger partial charge in [0, 0.05) is 11.9 Å². The smallest absolute Gasteiger partial charge is 0.180 e. The minimum Gasteiger partial charge on any atom is -0.246 e. The Morgan fingerprint density at radius 3 is 3.27 bits per heavy atom. The van der Waals surface area contributed by atoms with E-state index >= 15 is 0 Å². The van der Waals surface area contributed by atoms with Crippen molar-refractivity contribution >= 4 is 11.0 Å². The van der Waals surface area contributed by atoms with Crippen LogP contribution < -0.4 is 0 Å². The molecule has 0 amide bonds. The monoisotopic (exact) mass is 148 g/mol. The standard InChI is InChI=1S/C7H8N4/c1-2-11-7-6(5-9-11)3-4-8-10-7/h3-5H,2H2,1H3. The first-order valence-corrected chi connectivity index (χ1v) is 3.55. The van der Waals surface area contributed by atoms with Crippen molar-refractivity contribution in [1.29, 1.82) is 0 Å². The van der Waals surface area contributed by atoms with E-state index < -0.39 is 0 Å². The number of aromatic nitrogens is 4. The molecule has 0 aliphatic rings. The molecule has 2 rings (SSSR count). The highest BCUT2D eigenvalue weighted by atomic mass is 15.3. The molecule has 4 heteroatoms. The highest BCUT2D eigenvalue weighted by Gasteiger charge is 1.99. The summed E-state index contributed by atoms with van der Waals surface area (Å²) in [6.07, 6.45) is 3.47. The SMILES string of the molecule is CCn1ncc2ccnnc21. The van der Waals surface area contributed by atoms with Crippen LogP contribution in [0.25, 0.3) is 11.0 Å². The second kappa shape index (κ2) is 2.30. The molecule has 0 N–H and O–H groups in total. The van der Waals surface area contributed by atoms with E-state index in [1.54, 1.807) is 12.4 Å². The number of hydrogen-bond acceptors (Lipinski definition) is 3. The fraction of sp³-hybridized carbons (Fsp3) is 0.286. The van der Waals surface area contributed by atoms with Crippen LogP contribution in [-0.4, -0.2) is 20.0 Å². The Bertz CT molecular complexity index is 365. The van der Waals surface area contributed by atoms with E-state index in [-0.39, 0.29) is 0 Å². The Kier molecular flexibility index (Phi) is 1.31. The fourth-order valence-electron chi connectivity index (χ4n) is 1.05. The van der Waals surface area contributed by atoms with Gasteiger partial charge in [0.25, 0.3) is 0 Å². The minimum absolute atomic E-state index is 0.836. The summed E-state index contributed by atoms with van der Waals surface area (Å²) in [6.45, 7) is 2.86. The van der Waals surface area contributed by atoms with Crippen molar-refractivity contribution in [3.63, 3.8) is 0 Å². The van der Waals surface area contributed by atoms with Gasteiger partial charge in [-0.3, -0.25) is 0 Å². The van der Waals surface area contributed by atoms with E-state index in [0.717, 1.165) is 17.6 Å². The highest BCUT2D eigenvalue weighted by Crippen LogP contribution is 2.07. The average molecular weight is 148 g/mol. The molecule has 0 fully saturated rings. The molecule has 0 saturated carbocycles. The maximum absolute atomic E-state index is 4.13. The molecule has 4 nitrogen and oxygen atoms in total. The van der Waals surface area contributed by atoms with Crippen LogP contribution >= 0.6 is 0 Å². The van der Waals surface area contributed by atoms with Crippen molar-refractivity contribution in [2.24, 2.45) is 0 Å². The van der Waals surface area contributed by atoms with Crippen molar-refractivity contribution in [3.8, 4) is 0 Å². The maximum atomic E-state index is 4.13. The summed E-state index contributed by atoms with van der Waals surface area (Å²) >= 11 is 0. The largest absolute Gasteiger partial charge is 0.246 e. The van der Waals surface area contributed by atoms with Crippen molar-refractivity contribution in [3.05, 3.63) is 18.5 Å². The number of rotatable bonds is 1. The van der Waals surface area contributed by atoms with Gasteiger partial charge in [0.1, 0.15) is 0 Å². The average Bonchev–Trinajstić information content (AvgIpc) is 2.47. The van der Waals surface area contributed by atoms with Gasteiger partial charge in [-0.2, -0.15) is 10.2 Å². The van der Waals surface area contributed by atoms with Gasteiger partial charge in [0.2, 0.25) is 0 Å². The summed E-state index contributed by atoms with van der Waals surface area (Å²) in [4.78, 5) is 0. The topological polar surface area (TPSA) is 43.6 Å². The maximum Gasteiger partial charge on any atom is 0.180 e. The lowest BCUT2D eigenvalue weighted by atomic mass is 10.4. The van der Waals surface area contributed by atoms with E-state index in [1.807, 2.05) is 17.7 Å². The molecule has 56 valence electrons. The normalized spacial score (nSPS) is 10.6. The lowest BCUT2D eigenvalue weighted by molar-refractivity contribution is 0.672. The molecule has 0 spiro atoms. The third-order valence-corrected chi connectivity index (χ3v) is 1.61. The number of nitrogens with zero attached hydrogens (tertiary/aromatic N) is 4. The Labute approximate surface area is 63.9 Å². The molecule has 2 aromatic rings. The van der Waals surface area contributed by atoms with Crippen LogP contribution in [0, 0.1) is 0 Å². The molecule has 0 aromatic carbocycles. The third-order valence-electron chi connectivity index (χ3n) is 1.61. The zero-order valence-electron chi connectivity index (χ0n) is 6.23. The summed E-state index contributed by atoms with van der Waals surface area (Å²) < 4.78 is 1.82. The van der Waals surface area contributed by atoms with Crippen molar-refractivity contribution in [1.82, 2.24) is 20.0 Å². The van der Waals surface area contributed by atoms with Crippen LogP contribution in [0.15, 0.2) is 18.5 Å². The van der Waals surface area contributed by atoms with Crippen LogP contribution in [0.1, 0.15) is 6.92 Å². The molecule has 0 bridgehead atoms. The Hall–Kier alpha value is -1.45. The quantitative estimate of drug-likeness (QED) is 0.602. The predicted molar refractivity (Wildman–Crippen MR) is 41.0 cm³/mol. The van der Waals surface area contributed by atoms with E-state index in [2.05, 4.69) is 15.3 Å². The fourth-order valence-corrected chi connectivity index (χ4v) is 1.05. The Morgan fingerprint density at radius 2 is 2.45 bits per heavy atom. The first kappa shape index (κ1) is 6.27. The molecule has 0 unspecified atom stereocenters. The summed E-state index contributed by atoms with van der Waals surface area (Å²) in [7, 11) is 0. The molecule has 2 aromatic heterocycles. The first-order chi connectivity index (χ1) is 5.42. The second-order valence-electron chi connectivity index (χ2n) is 2.27. The molecule has 0 aliphatic carbocycles. The van der Waals surface area contributed by atoms with Gasteiger partial charge in [-0.05, 0) is 13.0 Å². The van der Waals surface area contributed by atoms with Gasteiger partial charge in [-0.15, -0.1) is 5.10 Å². The zero-order chi connectivity index (χ0) is 7.68. The summed E-state index contributed by atoms with van der Waals surface area (Å²) in [6, 6.07) is 1.90. The van der Waals surface area contributed by atoms with Crippen LogP contribution in [-0.2, 0) is 6.54 Å². The molecule has 0 aliphatic heterocycles. The van der Waals surface area contributed by atoms with E-state index in [0.29, 0.717) is 0 Å². The summed E-state index contributed by atoms with van der Waals surface area (Å²) in [5.41, 5.74) is 0.856. The number of fused-ring (bicyclic) bond motifs is 1. The number of aryl methyl sites for hydroxylation is 1. The van der Waals surface area contributed by atoms with Gasteiger partial charge in [0.05, 0.1) is 12.4 Å². The van der Waals surface area contributed by atoms with Crippen LogP contribution in [0.4, 0.5) is 0 Å². The van der Waals surface area contributed by atoms with Crippen LogP contribution in [0.5, 0.6) is 0 Å². The molecular formula is C7H8N4. The molecule has 0 atom stereocenters. The van der Waals surface area contributed by atoms with Gasteiger partial charge in [-0.1, -0.05) is 0 Å². The summed E-state index contributed by atoms with van der Waals surface area (Å²) in [5.74, 6) is 0. The Balaban J connectivity index is 2.76. The van der Waals surface area contributed by atoms with Crippen molar-refractivity contribution in [2.75, 3.05) is 0 Å². The highest BCUT2D eigenvalue weighted by molar-refractivity contribution is 5.73. The first-order valence-electron chi connectivity index (χ1n) is 3.55. The zero-order valence-corrected chi connectivity index (χ0v) is 6.23. The molecular weight excluding hydrogens is 140 g/mol. The van der Waals surface area contributed by atoms with Gasteiger partial charge < -0.3 is 0 Å². The van der Waals surface area contributed by atoms with Gasteiger partial charge >= 0.3 is 0 Å². The number of hydrogen-bond donors (Lipinski definition) is 0. The lowest BCUT2D eigenvalue weighted by Gasteiger charge is -1.93. The molecule has 0 radical (unpaired) electrons. The molecule has 2 heterocycles. The second-order valence-corrected chi connectivity index (χ2v) is 2.27. The Morgan fingerprint density at radius 1 is 1.55 bits per heavy atom. The summed E-state index contributed by atoms with van der Waals surface area (Å²) in [5, 5.41) is 12.9. The van der Waals surface area contributed by atoms with E-state index in [4.69, 9.17) is 0 Å². The van der Waals surface area contributed by atoms with Crippen molar-refractivity contribution < 1.29 is 0 Å². The van der Waals surface area contributed by atoms with Gasteiger partial charge in [-0.25, -0.2) is 4.68 Å². The molecule has 11 heavy (non-hydrogen) atoms. The minimum atomic E-state index is 0.836. The van der Waals surface area contributed by atoms with E-state index in [9.17, 15) is 0 Å². The van der Waals surface area contributed by atoms with Crippen LogP contribution in [0.2, 0.25) is 0 Å². The third kappa shape index (κ3) is 0.869. The van der Waals surface area contributed by atoms with E-state index in [1.165, 1.54) is 0 Å². The van der Waals surface area contributed by atoms with Crippen molar-refractivity contribution in [2.45, 2.75) is 13.5 Å². The van der Waals surface area contributed by atoms with Gasteiger partial charge in [0.15, 0.2) is 5.65 Å². The van der Waals surface area contributed by atoms with Crippen LogP contribution in [0.3, 0.4) is 0 Å². The predicted octanol–water partition coefficient (Wildman–Crippen LogP) is 0.846. The molecule has 0 saturated heterocycles.